The highest BCUT2D eigenvalue weighted by Crippen LogP contribution is 2.47. The first-order valence-electron chi connectivity index (χ1n) is 16.1. The molecule has 2 aliphatic rings. The smallest absolute Gasteiger partial charge is 0.290 e. The predicted octanol–water partition coefficient (Wildman–Crippen LogP) is 8.27. The average molecular weight is 564 g/mol. The first kappa shape index (κ1) is 20.3. The van der Waals surface area contributed by atoms with Crippen LogP contribution in [0.15, 0.2) is 140 Å². The maximum Gasteiger partial charge on any atom is 0.290 e. The van der Waals surface area contributed by atoms with Crippen molar-refractivity contribution in [1.82, 2.24) is 0 Å². The Morgan fingerprint density at radius 3 is 2.19 bits per heavy atom. The number of hydrogen-bond donors (Lipinski definition) is 0. The lowest BCUT2D eigenvalue weighted by molar-refractivity contribution is 0.598. The molecule has 2 aliphatic heterocycles. The molecule has 5 aromatic carbocycles. The van der Waals surface area contributed by atoms with Crippen LogP contribution in [-0.4, -0.2) is 6.71 Å². The molecular weight excluding hydrogens is 533 g/mol. The molecule has 0 radical (unpaired) electrons. The van der Waals surface area contributed by atoms with Gasteiger partial charge in [0.1, 0.15) is 5.58 Å². The van der Waals surface area contributed by atoms with Crippen LogP contribution in [0.2, 0.25) is 0 Å². The second-order valence-corrected chi connectivity index (χ2v) is 12.5. The fourth-order valence-corrected chi connectivity index (χ4v) is 7.96. The molecule has 42 heavy (non-hydrogen) atoms. The van der Waals surface area contributed by atoms with Crippen molar-refractivity contribution in [2.24, 2.45) is 0 Å². The number of hydrogen-bond acceptors (Lipinski definition) is 4. The molecule has 0 N–H and O–H groups in total. The van der Waals surface area contributed by atoms with Crippen LogP contribution in [0.25, 0.3) is 22.1 Å². The van der Waals surface area contributed by atoms with Gasteiger partial charge in [0.15, 0.2) is 11.2 Å². The topological polar surface area (TPSA) is 29.5 Å². The summed E-state index contributed by atoms with van der Waals surface area (Å²) < 4.78 is 48.5. The third-order valence-electron chi connectivity index (χ3n) is 8.68. The highest BCUT2D eigenvalue weighted by molar-refractivity contribution is 8.00. The van der Waals surface area contributed by atoms with E-state index in [1.165, 1.54) is 11.8 Å². The van der Waals surface area contributed by atoms with E-state index in [4.69, 9.17) is 14.3 Å². The number of furan rings is 2. The third-order valence-corrected chi connectivity index (χ3v) is 9.76. The molecule has 7 aromatic rings. The predicted molar refractivity (Wildman–Crippen MR) is 174 cm³/mol. The van der Waals surface area contributed by atoms with Crippen LogP contribution in [0.3, 0.4) is 0 Å². The molecule has 0 spiro atoms. The zero-order valence-corrected chi connectivity index (χ0v) is 23.8. The van der Waals surface area contributed by atoms with Crippen molar-refractivity contribution < 1.29 is 14.3 Å². The Hall–Kier alpha value is -4.61. The summed E-state index contributed by atoms with van der Waals surface area (Å²) in [6.07, 6.45) is 0. The summed E-state index contributed by atoms with van der Waals surface area (Å²) in [7, 11) is 0. The zero-order valence-electron chi connectivity index (χ0n) is 27.0. The molecule has 0 bridgehead atoms. The maximum atomic E-state index is 9.11. The quantitative estimate of drug-likeness (QED) is 0.203. The lowest BCUT2D eigenvalue weighted by Crippen LogP contribution is -2.62. The first-order valence-corrected chi connectivity index (χ1v) is 14.9. The van der Waals surface area contributed by atoms with Crippen molar-refractivity contribution in [1.29, 1.82) is 0 Å². The van der Waals surface area contributed by atoms with Crippen LogP contribution in [0.1, 0.15) is 30.5 Å². The van der Waals surface area contributed by atoms with Gasteiger partial charge in [-0.3, -0.25) is 0 Å². The van der Waals surface area contributed by atoms with Gasteiger partial charge in [0.05, 0.1) is 16.5 Å². The lowest BCUT2D eigenvalue weighted by Gasteiger charge is -2.40. The Balaban J connectivity index is 1.40. The summed E-state index contributed by atoms with van der Waals surface area (Å²) in [5, 5.41) is 0.882. The Morgan fingerprint density at radius 1 is 0.738 bits per heavy atom. The fraction of sp³-hybridized carbons (Fsp3) is 0.0811. The van der Waals surface area contributed by atoms with Gasteiger partial charge in [0.2, 0.25) is 0 Å². The van der Waals surface area contributed by atoms with Gasteiger partial charge >= 0.3 is 0 Å². The minimum Gasteiger partial charge on any atom is -0.466 e. The molecule has 0 fully saturated rings. The molecule has 5 heteroatoms. The van der Waals surface area contributed by atoms with Gasteiger partial charge in [0, 0.05) is 37.8 Å². The molecule has 3 nitrogen and oxygen atoms in total. The van der Waals surface area contributed by atoms with E-state index >= 15 is 0 Å². The zero-order chi connectivity index (χ0) is 31.5. The van der Waals surface area contributed by atoms with Gasteiger partial charge in [-0.1, -0.05) is 97.7 Å². The molecule has 4 heterocycles. The number of fused-ring (bicyclic) bond motifs is 8. The summed E-state index contributed by atoms with van der Waals surface area (Å²) in [5.74, 6) is 0. The number of nitrogens with zero attached hydrogens (tertiary/aromatic N) is 1. The summed E-state index contributed by atoms with van der Waals surface area (Å²) in [4.78, 5) is 3.71. The molecular formula is C37H26BNO2S. The Labute approximate surface area is 254 Å². The monoisotopic (exact) mass is 563 g/mol. The standard InChI is InChI=1S/C37H26BNO2S/c1-37(2)27-21-25(39(23-13-5-3-6-14-23)24-15-7-4-8-16-24)22-31-33(27)38(28-18-10-12-20-30(28)42-31)36-32(37)35-34(41-36)26-17-9-11-19-29(26)40-35/h3-22H,1-2H3/i10D,12D,18D,20D. The molecule has 0 saturated carbocycles. The van der Waals surface area contributed by atoms with E-state index in [9.17, 15) is 0 Å². The van der Waals surface area contributed by atoms with Gasteiger partial charge in [-0.2, -0.15) is 0 Å². The van der Waals surface area contributed by atoms with Crippen LogP contribution in [0.5, 0.6) is 0 Å². The van der Waals surface area contributed by atoms with E-state index in [1.54, 1.807) is 0 Å². The minimum atomic E-state index is -0.562. The van der Waals surface area contributed by atoms with Gasteiger partial charge in [-0.25, -0.2) is 0 Å². The highest BCUT2D eigenvalue weighted by atomic mass is 32.2. The summed E-state index contributed by atoms with van der Waals surface area (Å²) in [6.45, 7) is 3.86. The van der Waals surface area contributed by atoms with Crippen molar-refractivity contribution >= 4 is 74.3 Å². The first-order chi connectivity index (χ1) is 22.3. The number of para-hydroxylation sites is 3. The molecule has 0 aliphatic carbocycles. The van der Waals surface area contributed by atoms with Gasteiger partial charge in [-0.05, 0) is 65.6 Å². The summed E-state index contributed by atoms with van der Waals surface area (Å²) in [6, 6.07) is 32.2. The largest absolute Gasteiger partial charge is 0.466 e. The molecule has 0 atom stereocenters. The third kappa shape index (κ3) is 3.26. The maximum absolute atomic E-state index is 9.11. The second-order valence-electron chi connectivity index (χ2n) is 11.4. The molecule has 0 unspecified atom stereocenters. The van der Waals surface area contributed by atoms with Crippen molar-refractivity contribution in [2.45, 2.75) is 29.1 Å². The fourth-order valence-electron chi connectivity index (χ4n) is 6.84. The number of benzene rings is 5. The highest BCUT2D eigenvalue weighted by Gasteiger charge is 2.49. The van der Waals surface area contributed by atoms with E-state index in [-0.39, 0.29) is 24.2 Å². The second kappa shape index (κ2) is 8.70. The van der Waals surface area contributed by atoms with Gasteiger partial charge in [0.25, 0.3) is 6.71 Å². The molecule has 2 aromatic heterocycles. The van der Waals surface area contributed by atoms with Crippen molar-refractivity contribution in [3.63, 3.8) is 0 Å². The molecule has 9 rings (SSSR count). The SMILES string of the molecule is [2H]c1c([2H])c([2H])c2c(c1[2H])Sc1cc(N(c3ccccc3)c3ccccc3)cc3c1B2c1oc2c(oc4ccccc42)c1C3(C)C. The van der Waals surface area contributed by atoms with Crippen LogP contribution < -0.4 is 21.5 Å². The molecule has 0 amide bonds. The van der Waals surface area contributed by atoms with E-state index in [2.05, 4.69) is 55.1 Å². The number of anilines is 3. The Bertz CT molecular complexity index is 2350. The lowest BCUT2D eigenvalue weighted by atomic mass is 9.33. The van der Waals surface area contributed by atoms with E-state index in [0.29, 0.717) is 27.2 Å². The number of rotatable bonds is 3. The average Bonchev–Trinajstić information content (AvgIpc) is 3.62. The van der Waals surface area contributed by atoms with E-state index < -0.39 is 12.1 Å². The van der Waals surface area contributed by atoms with E-state index in [0.717, 1.165) is 49.5 Å². The Morgan fingerprint density at radius 2 is 1.43 bits per heavy atom. The van der Waals surface area contributed by atoms with Gasteiger partial charge in [-0.15, -0.1) is 0 Å². The van der Waals surface area contributed by atoms with Crippen molar-refractivity contribution in [2.75, 3.05) is 4.90 Å². The minimum absolute atomic E-state index is 0.0337. The van der Waals surface area contributed by atoms with Gasteiger partial charge < -0.3 is 13.7 Å². The van der Waals surface area contributed by atoms with Crippen LogP contribution in [-0.2, 0) is 5.41 Å². The van der Waals surface area contributed by atoms with Crippen LogP contribution in [0, 0.1) is 0 Å². The molecule has 200 valence electrons. The summed E-state index contributed by atoms with van der Waals surface area (Å²) >= 11 is 1.42. The van der Waals surface area contributed by atoms with Crippen molar-refractivity contribution in [3.8, 4) is 0 Å². The normalized spacial score (nSPS) is 15.8. The van der Waals surface area contributed by atoms with E-state index in [1.807, 2.05) is 60.7 Å². The van der Waals surface area contributed by atoms with Crippen LogP contribution >= 0.6 is 11.8 Å². The van der Waals surface area contributed by atoms with Crippen LogP contribution in [0.4, 0.5) is 17.1 Å². The molecule has 0 saturated heterocycles. The Kier molecular flexibility index (Phi) is 4.21. The summed E-state index contributed by atoms with van der Waals surface area (Å²) in [5.41, 5.74) is 8.76. The van der Waals surface area contributed by atoms with Crippen molar-refractivity contribution in [3.05, 3.63) is 132 Å².